The Hall–Kier alpha value is -3.02. The first-order chi connectivity index (χ1) is 12.2. The number of H-pyrrole nitrogens is 1. The van der Waals surface area contributed by atoms with Gasteiger partial charge in [-0.3, -0.25) is 19.8 Å². The van der Waals surface area contributed by atoms with Gasteiger partial charge in [-0.15, -0.1) is 0 Å². The Bertz CT molecular complexity index is 893. The van der Waals surface area contributed by atoms with Gasteiger partial charge in [-0.1, -0.05) is 18.2 Å². The molecule has 1 atom stereocenters. The highest BCUT2D eigenvalue weighted by Gasteiger charge is 2.33. The molecule has 3 aromatic rings. The average Bonchev–Trinajstić information content (AvgIpc) is 3.13. The summed E-state index contributed by atoms with van der Waals surface area (Å²) >= 11 is 0. The summed E-state index contributed by atoms with van der Waals surface area (Å²) in [6.45, 7) is 0.599. The largest absolute Gasteiger partial charge is 0.297 e. The Kier molecular flexibility index (Phi) is 4.01. The lowest BCUT2D eigenvalue weighted by Crippen LogP contribution is -2.40. The number of hydrogen-bond donors (Lipinski definition) is 1. The highest BCUT2D eigenvalue weighted by atomic mass is 19.1. The highest BCUT2D eigenvalue weighted by Crippen LogP contribution is 2.32. The Morgan fingerprint density at radius 1 is 1.16 bits per heavy atom. The van der Waals surface area contributed by atoms with Crippen molar-refractivity contribution in [1.82, 2.24) is 15.2 Å². The van der Waals surface area contributed by atoms with Gasteiger partial charge in [0.1, 0.15) is 11.6 Å². The standard InChI is InChI=1S/C19H17FN4O/c20-16-6-2-1-4-14(16)15-5-3-11-24(19(15)25)18-12-17(22-23-18)13-7-9-21-10-8-13/h1-2,4,6-10,12,15H,3,5,11H2,(H,22,23). The van der Waals surface area contributed by atoms with E-state index in [9.17, 15) is 9.18 Å². The maximum Gasteiger partial charge on any atom is 0.235 e. The molecule has 5 nitrogen and oxygen atoms in total. The van der Waals surface area contributed by atoms with Crippen molar-refractivity contribution < 1.29 is 9.18 Å². The van der Waals surface area contributed by atoms with Crippen LogP contribution in [-0.4, -0.2) is 27.6 Å². The Labute approximate surface area is 144 Å². The summed E-state index contributed by atoms with van der Waals surface area (Å²) < 4.78 is 14.1. The molecular formula is C19H17FN4O. The molecule has 1 aliphatic rings. The molecule has 0 saturated carbocycles. The first kappa shape index (κ1) is 15.5. The maximum absolute atomic E-state index is 14.1. The van der Waals surface area contributed by atoms with Crippen molar-refractivity contribution in [3.05, 3.63) is 66.2 Å². The number of pyridine rings is 1. The number of aromatic amines is 1. The predicted molar refractivity (Wildman–Crippen MR) is 92.5 cm³/mol. The van der Waals surface area contributed by atoms with E-state index in [4.69, 9.17) is 0 Å². The molecule has 1 fully saturated rings. The van der Waals surface area contributed by atoms with Gasteiger partial charge in [0.25, 0.3) is 0 Å². The third kappa shape index (κ3) is 2.91. The minimum Gasteiger partial charge on any atom is -0.297 e. The van der Waals surface area contributed by atoms with E-state index in [0.717, 1.165) is 17.7 Å². The molecule has 1 N–H and O–H groups in total. The number of nitrogens with zero attached hydrogens (tertiary/aromatic N) is 3. The summed E-state index contributed by atoms with van der Waals surface area (Å²) in [5, 5.41) is 7.22. The van der Waals surface area contributed by atoms with E-state index in [0.29, 0.717) is 24.3 Å². The summed E-state index contributed by atoms with van der Waals surface area (Å²) in [6.07, 6.45) is 4.86. The van der Waals surface area contributed by atoms with Crippen LogP contribution in [0.15, 0.2) is 54.9 Å². The molecule has 0 aliphatic carbocycles. The van der Waals surface area contributed by atoms with Gasteiger partial charge in [0.2, 0.25) is 5.91 Å². The fraction of sp³-hybridized carbons (Fsp3) is 0.211. The minimum absolute atomic E-state index is 0.0960. The van der Waals surface area contributed by atoms with Gasteiger partial charge in [0, 0.05) is 36.1 Å². The van der Waals surface area contributed by atoms with E-state index in [-0.39, 0.29) is 11.7 Å². The number of hydrogen-bond acceptors (Lipinski definition) is 3. The molecule has 0 bridgehead atoms. The molecule has 1 unspecified atom stereocenters. The summed E-state index contributed by atoms with van der Waals surface area (Å²) in [7, 11) is 0. The van der Waals surface area contributed by atoms with Crippen molar-refractivity contribution in [2.75, 3.05) is 11.4 Å². The fourth-order valence-electron chi connectivity index (χ4n) is 3.28. The van der Waals surface area contributed by atoms with Gasteiger partial charge in [0.15, 0.2) is 0 Å². The van der Waals surface area contributed by atoms with Crippen LogP contribution in [-0.2, 0) is 4.79 Å². The van der Waals surface area contributed by atoms with Crippen LogP contribution in [0.25, 0.3) is 11.3 Å². The van der Waals surface area contributed by atoms with Gasteiger partial charge >= 0.3 is 0 Å². The van der Waals surface area contributed by atoms with Gasteiger partial charge in [-0.2, -0.15) is 5.10 Å². The molecule has 0 spiro atoms. The Balaban J connectivity index is 1.62. The molecular weight excluding hydrogens is 319 g/mol. The number of nitrogens with one attached hydrogen (secondary N) is 1. The summed E-state index contributed by atoms with van der Waals surface area (Å²) in [4.78, 5) is 18.6. The van der Waals surface area contributed by atoms with E-state index in [1.165, 1.54) is 6.07 Å². The maximum atomic E-state index is 14.1. The van der Waals surface area contributed by atoms with Crippen molar-refractivity contribution in [3.8, 4) is 11.3 Å². The lowest BCUT2D eigenvalue weighted by Gasteiger charge is -2.31. The van der Waals surface area contributed by atoms with Crippen molar-refractivity contribution >= 4 is 11.7 Å². The second-order valence-corrected chi connectivity index (χ2v) is 6.08. The van der Waals surface area contributed by atoms with Crippen LogP contribution in [0.3, 0.4) is 0 Å². The van der Waals surface area contributed by atoms with E-state index >= 15 is 0 Å². The van der Waals surface area contributed by atoms with Crippen LogP contribution in [0.1, 0.15) is 24.3 Å². The Morgan fingerprint density at radius 2 is 1.96 bits per heavy atom. The number of piperidine rings is 1. The molecule has 1 saturated heterocycles. The zero-order valence-corrected chi connectivity index (χ0v) is 13.5. The normalized spacial score (nSPS) is 17.7. The molecule has 126 valence electrons. The van der Waals surface area contributed by atoms with Gasteiger partial charge < -0.3 is 0 Å². The molecule has 25 heavy (non-hydrogen) atoms. The molecule has 3 heterocycles. The van der Waals surface area contributed by atoms with Crippen LogP contribution < -0.4 is 4.90 Å². The summed E-state index contributed by atoms with van der Waals surface area (Å²) in [5.74, 6) is -0.244. The number of halogens is 1. The quantitative estimate of drug-likeness (QED) is 0.796. The van der Waals surface area contributed by atoms with E-state index in [1.54, 1.807) is 35.5 Å². The molecule has 4 rings (SSSR count). The number of carbonyl (C=O) groups is 1. The van der Waals surface area contributed by atoms with Crippen LogP contribution in [0, 0.1) is 5.82 Å². The van der Waals surface area contributed by atoms with Crippen LogP contribution >= 0.6 is 0 Å². The number of anilines is 1. The van der Waals surface area contributed by atoms with E-state index in [2.05, 4.69) is 15.2 Å². The van der Waals surface area contributed by atoms with Crippen LogP contribution in [0.5, 0.6) is 0 Å². The van der Waals surface area contributed by atoms with Crippen molar-refractivity contribution in [2.24, 2.45) is 0 Å². The number of rotatable bonds is 3. The molecule has 1 aromatic carbocycles. The zero-order valence-electron chi connectivity index (χ0n) is 13.5. The Morgan fingerprint density at radius 3 is 2.76 bits per heavy atom. The first-order valence-corrected chi connectivity index (χ1v) is 8.25. The zero-order chi connectivity index (χ0) is 17.2. The summed E-state index contributed by atoms with van der Waals surface area (Å²) in [5.41, 5.74) is 2.14. The highest BCUT2D eigenvalue weighted by molar-refractivity contribution is 5.98. The fourth-order valence-corrected chi connectivity index (χ4v) is 3.28. The number of carbonyl (C=O) groups excluding carboxylic acids is 1. The van der Waals surface area contributed by atoms with Crippen molar-refractivity contribution in [1.29, 1.82) is 0 Å². The number of amides is 1. The molecule has 1 amide bonds. The van der Waals surface area contributed by atoms with Gasteiger partial charge in [-0.05, 0) is 31.0 Å². The van der Waals surface area contributed by atoms with E-state index in [1.807, 2.05) is 18.2 Å². The molecule has 1 aliphatic heterocycles. The lowest BCUT2D eigenvalue weighted by molar-refractivity contribution is -0.121. The average molecular weight is 336 g/mol. The first-order valence-electron chi connectivity index (χ1n) is 8.25. The van der Waals surface area contributed by atoms with Gasteiger partial charge in [0.05, 0.1) is 11.6 Å². The van der Waals surface area contributed by atoms with Crippen molar-refractivity contribution in [2.45, 2.75) is 18.8 Å². The summed E-state index contributed by atoms with van der Waals surface area (Å²) in [6, 6.07) is 12.1. The van der Waals surface area contributed by atoms with Crippen LogP contribution in [0.2, 0.25) is 0 Å². The second kappa shape index (κ2) is 6.47. The smallest absolute Gasteiger partial charge is 0.235 e. The number of aromatic nitrogens is 3. The third-order valence-corrected chi connectivity index (χ3v) is 4.55. The van der Waals surface area contributed by atoms with Gasteiger partial charge in [-0.25, -0.2) is 4.39 Å². The molecule has 0 radical (unpaired) electrons. The predicted octanol–water partition coefficient (Wildman–Crippen LogP) is 3.52. The van der Waals surface area contributed by atoms with E-state index < -0.39 is 5.92 Å². The van der Waals surface area contributed by atoms with Crippen LogP contribution in [0.4, 0.5) is 10.2 Å². The minimum atomic E-state index is -0.456. The SMILES string of the molecule is O=C1C(c2ccccc2F)CCCN1c1cc(-c2ccncc2)n[nH]1. The second-order valence-electron chi connectivity index (χ2n) is 6.08. The topological polar surface area (TPSA) is 61.9 Å². The number of benzene rings is 1. The molecule has 2 aromatic heterocycles. The molecule has 6 heteroatoms. The monoisotopic (exact) mass is 336 g/mol. The lowest BCUT2D eigenvalue weighted by atomic mass is 9.89. The van der Waals surface area contributed by atoms with Crippen molar-refractivity contribution in [3.63, 3.8) is 0 Å². The third-order valence-electron chi connectivity index (χ3n) is 4.55.